The van der Waals surface area contributed by atoms with Gasteiger partial charge in [-0.25, -0.2) is 0 Å². The van der Waals surface area contributed by atoms with Gasteiger partial charge in [-0.3, -0.25) is 0 Å². The third-order valence-corrected chi connectivity index (χ3v) is 0. The molecule has 1 radical (unpaired) electrons. The summed E-state index contributed by atoms with van der Waals surface area (Å²) in [5.41, 5.74) is 0. The molecule has 10 heavy (non-hydrogen) atoms. The van der Waals surface area contributed by atoms with E-state index in [1.165, 1.54) is 0 Å². The molecule has 0 amide bonds. The van der Waals surface area contributed by atoms with Gasteiger partial charge >= 0.3 is 51.2 Å². The molecule has 0 aromatic rings. The summed E-state index contributed by atoms with van der Waals surface area (Å²) in [6.45, 7) is 0. The third kappa shape index (κ3) is 11800. The van der Waals surface area contributed by atoms with Crippen LogP contribution in [0.5, 0.6) is 0 Å². The largest absolute Gasteiger partial charge is 0 e. The predicted molar refractivity (Wildman–Crippen MR) is 26.0 cm³/mol. The Morgan fingerprint density at radius 2 is 0.700 bits per heavy atom. The number of rotatable bonds is 0. The SMILES string of the molecule is O=BO.O=BO.O=BO.[La]. The first-order valence-corrected chi connectivity index (χ1v) is 1.48. The van der Waals surface area contributed by atoms with Gasteiger partial charge in [-0.05, 0) is 0 Å². The Labute approximate surface area is 86.5 Å². The van der Waals surface area contributed by atoms with Crippen molar-refractivity contribution in [3.05, 3.63) is 0 Å². The molecule has 0 fully saturated rings. The molecular weight excluding hydrogens is 267 g/mol. The van der Waals surface area contributed by atoms with E-state index in [1.54, 1.807) is 0 Å². The first kappa shape index (κ1) is 22.5. The summed E-state index contributed by atoms with van der Waals surface area (Å²) in [7, 11) is -0.750. The van der Waals surface area contributed by atoms with Crippen molar-refractivity contribution >= 4 is 22.1 Å². The van der Waals surface area contributed by atoms with Crippen LogP contribution in [0.25, 0.3) is 0 Å². The number of hydrogen-bond donors (Lipinski definition) is 3. The maximum absolute atomic E-state index is 8.36. The minimum atomic E-state index is -0.250. The van der Waals surface area contributed by atoms with Gasteiger partial charge in [-0.1, -0.05) is 0 Å². The first-order chi connectivity index (χ1) is 4.24. The molecule has 0 unspecified atom stereocenters. The summed E-state index contributed by atoms with van der Waals surface area (Å²) in [4.78, 5) is 0. The maximum atomic E-state index is 8.36. The third-order valence-electron chi connectivity index (χ3n) is 0. The van der Waals surface area contributed by atoms with Crippen molar-refractivity contribution in [3.63, 3.8) is 0 Å². The molecule has 0 saturated heterocycles. The second-order valence-corrected chi connectivity index (χ2v) is 0.316. The fraction of sp³-hybridized carbons (Fsp3) is 0. The van der Waals surface area contributed by atoms with Crippen LogP contribution in [0, 0.1) is 35.6 Å². The molecular formula is H3B3LaO6. The van der Waals surface area contributed by atoms with Crippen LogP contribution in [0.2, 0.25) is 0 Å². The topological polar surface area (TPSA) is 112 Å². The predicted octanol–water partition coefficient (Wildman–Crippen LogP) is -3.17. The molecule has 0 aromatic carbocycles. The minimum Gasteiger partial charge on any atom is 0 e. The van der Waals surface area contributed by atoms with Crippen molar-refractivity contribution in [1.29, 1.82) is 0 Å². The smallest absolute Gasteiger partial charge is 0 e. The van der Waals surface area contributed by atoms with Crippen LogP contribution in [0.4, 0.5) is 0 Å². The Hall–Kier alpha value is 0.190. The van der Waals surface area contributed by atoms with E-state index in [9.17, 15) is 0 Å². The molecule has 10 heteroatoms. The molecule has 0 saturated carbocycles. The zero-order valence-corrected chi connectivity index (χ0v) is 8.50. The molecule has 0 aliphatic heterocycles. The van der Waals surface area contributed by atoms with Crippen molar-refractivity contribution in [3.8, 4) is 0 Å². The molecule has 3 N–H and O–H groups in total. The second kappa shape index (κ2) is 60.6. The molecule has 6 nitrogen and oxygen atoms in total. The summed E-state index contributed by atoms with van der Waals surface area (Å²) in [6, 6.07) is 0. The normalized spacial score (nSPS) is 2.40. The van der Waals surface area contributed by atoms with Crippen LogP contribution in [-0.2, 0) is 14.1 Å². The second-order valence-electron chi connectivity index (χ2n) is 0.316. The Morgan fingerprint density at radius 3 is 0.700 bits per heavy atom. The molecule has 51 valence electrons. The van der Waals surface area contributed by atoms with Crippen molar-refractivity contribution in [1.82, 2.24) is 0 Å². The molecule has 0 atom stereocenters. The fourth-order valence-corrected chi connectivity index (χ4v) is 0. The first-order valence-electron chi connectivity index (χ1n) is 1.48. The van der Waals surface area contributed by atoms with Gasteiger partial charge in [0.05, 0.1) is 0 Å². The van der Waals surface area contributed by atoms with Gasteiger partial charge in [0.2, 0.25) is 0 Å². The minimum absolute atomic E-state index is 0. The number of hydrogen-bond acceptors (Lipinski definition) is 3. The Kier molecular flexibility index (Phi) is 136. The van der Waals surface area contributed by atoms with Gasteiger partial charge in [-0.2, -0.15) is 0 Å². The van der Waals surface area contributed by atoms with E-state index in [-0.39, 0.29) is 57.7 Å². The Morgan fingerprint density at radius 1 is 0.700 bits per heavy atom. The molecule has 0 aliphatic carbocycles. The van der Waals surface area contributed by atoms with Crippen LogP contribution in [-0.4, -0.2) is 37.1 Å². The van der Waals surface area contributed by atoms with Crippen molar-refractivity contribution in [2.24, 2.45) is 0 Å². The van der Waals surface area contributed by atoms with Gasteiger partial charge in [0.25, 0.3) is 0 Å². The standard InChI is InChI=1S/3BHO2.La/c3*2-1-3;/h3*2H;. The van der Waals surface area contributed by atoms with Crippen LogP contribution >= 0.6 is 0 Å². The van der Waals surface area contributed by atoms with Gasteiger partial charge in [-0.15, -0.1) is 0 Å². The molecule has 0 bridgehead atoms. The van der Waals surface area contributed by atoms with Crippen LogP contribution in [0.1, 0.15) is 0 Å². The van der Waals surface area contributed by atoms with Gasteiger partial charge in [0.15, 0.2) is 0 Å². The van der Waals surface area contributed by atoms with Crippen molar-refractivity contribution in [2.75, 3.05) is 0 Å². The van der Waals surface area contributed by atoms with E-state index in [0.717, 1.165) is 0 Å². The van der Waals surface area contributed by atoms with Crippen LogP contribution in [0.15, 0.2) is 0 Å². The summed E-state index contributed by atoms with van der Waals surface area (Å²) in [5, 5.41) is 20.7. The average Bonchev–Trinajstić information content (AvgIpc) is 1.70. The molecule has 0 heterocycles. The van der Waals surface area contributed by atoms with E-state index < -0.39 is 0 Å². The van der Waals surface area contributed by atoms with E-state index >= 15 is 0 Å². The zero-order valence-electron chi connectivity index (χ0n) is 4.88. The molecule has 0 aliphatic rings. The summed E-state index contributed by atoms with van der Waals surface area (Å²) < 4.78 is 25.1. The Bertz CT molecular complexity index is 49.7. The van der Waals surface area contributed by atoms with Crippen molar-refractivity contribution in [2.45, 2.75) is 0 Å². The Balaban J connectivity index is -0.0000000257. The van der Waals surface area contributed by atoms with Crippen LogP contribution < -0.4 is 0 Å². The fourth-order valence-electron chi connectivity index (χ4n) is 0. The van der Waals surface area contributed by atoms with E-state index in [1.807, 2.05) is 0 Å². The average molecular weight is 270 g/mol. The molecule has 0 aromatic heterocycles. The quantitative estimate of drug-likeness (QED) is 0.400. The van der Waals surface area contributed by atoms with Crippen LogP contribution in [0.3, 0.4) is 0 Å². The van der Waals surface area contributed by atoms with Gasteiger partial charge < -0.3 is 0 Å². The maximum Gasteiger partial charge on any atom is 0 e. The summed E-state index contributed by atoms with van der Waals surface area (Å²) in [6.07, 6.45) is 0. The monoisotopic (exact) mass is 271 g/mol. The summed E-state index contributed by atoms with van der Waals surface area (Å²) >= 11 is 0. The van der Waals surface area contributed by atoms with E-state index in [0.29, 0.717) is 0 Å². The zero-order chi connectivity index (χ0) is 8.12. The van der Waals surface area contributed by atoms with E-state index in [2.05, 4.69) is 0 Å². The molecule has 0 spiro atoms. The summed E-state index contributed by atoms with van der Waals surface area (Å²) in [5.74, 6) is 0. The van der Waals surface area contributed by atoms with Crippen molar-refractivity contribution < 1.29 is 64.8 Å². The van der Waals surface area contributed by atoms with Gasteiger partial charge in [0, 0.05) is 35.6 Å². The van der Waals surface area contributed by atoms with E-state index in [4.69, 9.17) is 29.2 Å². The van der Waals surface area contributed by atoms with Gasteiger partial charge in [0.1, 0.15) is 0 Å². The molecule has 0 rings (SSSR count).